The number of nitrogens with zero attached hydrogens (tertiary/aromatic N) is 5. The van der Waals surface area contributed by atoms with Crippen LogP contribution in [0.4, 0.5) is 23.3 Å². The maximum Gasteiger partial charge on any atom is 0.231 e. The third-order valence-electron chi connectivity index (χ3n) is 5.19. The lowest BCUT2D eigenvalue weighted by Gasteiger charge is -2.11. The summed E-state index contributed by atoms with van der Waals surface area (Å²) < 4.78 is 7.26. The van der Waals surface area contributed by atoms with Gasteiger partial charge in [0.2, 0.25) is 5.95 Å². The molecule has 1 aliphatic rings. The summed E-state index contributed by atoms with van der Waals surface area (Å²) in [5, 5.41) is 14.1. The van der Waals surface area contributed by atoms with Gasteiger partial charge in [-0.25, -0.2) is 4.98 Å². The minimum absolute atomic E-state index is 0.221. The second-order valence-electron chi connectivity index (χ2n) is 7.77. The summed E-state index contributed by atoms with van der Waals surface area (Å²) in [5.74, 6) is 3.22. The van der Waals surface area contributed by atoms with E-state index in [1.165, 1.54) is 12.8 Å². The van der Waals surface area contributed by atoms with Crippen LogP contribution in [-0.2, 0) is 0 Å². The van der Waals surface area contributed by atoms with Gasteiger partial charge >= 0.3 is 0 Å². The van der Waals surface area contributed by atoms with Crippen LogP contribution >= 0.6 is 0 Å². The lowest BCUT2D eigenvalue weighted by molar-refractivity contribution is 0.415. The van der Waals surface area contributed by atoms with Crippen molar-refractivity contribution in [1.82, 2.24) is 29.7 Å². The molecule has 1 saturated carbocycles. The molecule has 3 aromatic heterocycles. The Balaban J connectivity index is 1.51. The first-order chi connectivity index (χ1) is 14.6. The number of H-pyrrole nitrogens is 1. The maximum absolute atomic E-state index is 5.23. The Morgan fingerprint density at radius 2 is 1.93 bits per heavy atom. The minimum Gasteiger partial charge on any atom is -0.497 e. The van der Waals surface area contributed by atoms with Crippen LogP contribution in [0.1, 0.15) is 44.3 Å². The highest BCUT2D eigenvalue weighted by Gasteiger charge is 2.26. The molecule has 9 heteroatoms. The van der Waals surface area contributed by atoms with E-state index in [9.17, 15) is 0 Å². The van der Waals surface area contributed by atoms with Gasteiger partial charge in [-0.3, -0.25) is 5.10 Å². The van der Waals surface area contributed by atoms with Crippen molar-refractivity contribution in [3.63, 3.8) is 0 Å². The van der Waals surface area contributed by atoms with Gasteiger partial charge in [0.1, 0.15) is 5.75 Å². The number of rotatable bonds is 7. The second kappa shape index (κ2) is 7.33. The average Bonchev–Trinajstić information content (AvgIpc) is 3.33. The van der Waals surface area contributed by atoms with E-state index in [-0.39, 0.29) is 6.04 Å². The number of fused-ring (bicyclic) bond motifs is 1. The van der Waals surface area contributed by atoms with Gasteiger partial charge in [-0.15, -0.1) is 0 Å². The summed E-state index contributed by atoms with van der Waals surface area (Å²) >= 11 is 0. The molecular weight excluding hydrogens is 380 g/mol. The standard InChI is InChI=1S/C21H24N8O/c1-12(2)29-11-22-18-19(24-17-10-16(27-28-17)13-4-5-13)25-21(26-20(18)29)23-14-6-8-15(30-3)9-7-14/h6-13H,4-5H2,1-3H3,(H3,23,24,25,26,27,28). The van der Waals surface area contributed by atoms with Crippen molar-refractivity contribution < 1.29 is 4.74 Å². The number of aromatic amines is 1. The number of aromatic nitrogens is 6. The molecule has 5 rings (SSSR count). The van der Waals surface area contributed by atoms with E-state index < -0.39 is 0 Å². The molecule has 0 bridgehead atoms. The van der Waals surface area contributed by atoms with Crippen LogP contribution in [0.25, 0.3) is 11.2 Å². The number of imidazole rings is 1. The zero-order valence-electron chi connectivity index (χ0n) is 17.2. The van der Waals surface area contributed by atoms with E-state index >= 15 is 0 Å². The molecule has 9 nitrogen and oxygen atoms in total. The fourth-order valence-electron chi connectivity index (χ4n) is 3.37. The van der Waals surface area contributed by atoms with E-state index in [1.54, 1.807) is 13.4 Å². The van der Waals surface area contributed by atoms with Crippen LogP contribution in [-0.4, -0.2) is 36.8 Å². The Morgan fingerprint density at radius 1 is 1.13 bits per heavy atom. The SMILES string of the molecule is COc1ccc(Nc2nc(Nc3cc(C4CC4)[nH]n3)c3ncn(C(C)C)c3n2)cc1. The van der Waals surface area contributed by atoms with Gasteiger partial charge in [0.05, 0.1) is 13.4 Å². The Morgan fingerprint density at radius 3 is 2.63 bits per heavy atom. The summed E-state index contributed by atoms with van der Waals surface area (Å²) in [6.07, 6.45) is 4.23. The molecule has 0 amide bonds. The van der Waals surface area contributed by atoms with E-state index in [0.29, 0.717) is 23.2 Å². The van der Waals surface area contributed by atoms with Crippen LogP contribution in [0, 0.1) is 0 Å². The van der Waals surface area contributed by atoms with Crippen molar-refractivity contribution >= 4 is 34.4 Å². The van der Waals surface area contributed by atoms with Crippen molar-refractivity contribution in [2.75, 3.05) is 17.7 Å². The largest absolute Gasteiger partial charge is 0.497 e. The molecule has 0 spiro atoms. The molecule has 3 N–H and O–H groups in total. The minimum atomic E-state index is 0.221. The molecule has 154 valence electrons. The van der Waals surface area contributed by atoms with Crippen molar-refractivity contribution in [3.05, 3.63) is 42.4 Å². The molecule has 0 aliphatic heterocycles. The molecule has 0 atom stereocenters. The number of anilines is 4. The summed E-state index contributed by atoms with van der Waals surface area (Å²) in [6.45, 7) is 4.20. The Hall–Kier alpha value is -3.62. The smallest absolute Gasteiger partial charge is 0.231 e. The van der Waals surface area contributed by atoms with Gasteiger partial charge in [-0.2, -0.15) is 15.1 Å². The molecule has 3 heterocycles. The zero-order chi connectivity index (χ0) is 20.7. The Kier molecular flexibility index (Phi) is 4.50. The zero-order valence-corrected chi connectivity index (χ0v) is 17.2. The molecule has 0 radical (unpaired) electrons. The molecule has 0 saturated heterocycles. The van der Waals surface area contributed by atoms with Crippen molar-refractivity contribution in [2.24, 2.45) is 0 Å². The summed E-state index contributed by atoms with van der Waals surface area (Å²) in [7, 11) is 1.65. The first-order valence-electron chi connectivity index (χ1n) is 10.1. The summed E-state index contributed by atoms with van der Waals surface area (Å²) in [6, 6.07) is 9.90. The van der Waals surface area contributed by atoms with E-state index in [1.807, 2.05) is 34.9 Å². The van der Waals surface area contributed by atoms with Gasteiger partial charge in [0, 0.05) is 29.4 Å². The van der Waals surface area contributed by atoms with Crippen molar-refractivity contribution in [3.8, 4) is 5.75 Å². The molecule has 0 unspecified atom stereocenters. The first-order valence-corrected chi connectivity index (χ1v) is 10.1. The molecule has 4 aromatic rings. The highest BCUT2D eigenvalue weighted by molar-refractivity contribution is 5.86. The normalized spacial score (nSPS) is 13.7. The Bertz CT molecular complexity index is 1170. The van der Waals surface area contributed by atoms with Crippen LogP contribution in [0.15, 0.2) is 36.7 Å². The van der Waals surface area contributed by atoms with Gasteiger partial charge in [0.15, 0.2) is 22.8 Å². The van der Waals surface area contributed by atoms with E-state index in [0.717, 1.165) is 28.6 Å². The van der Waals surface area contributed by atoms with Crippen LogP contribution in [0.3, 0.4) is 0 Å². The summed E-state index contributed by atoms with van der Waals surface area (Å²) in [4.78, 5) is 14.0. The molecule has 1 aliphatic carbocycles. The van der Waals surface area contributed by atoms with Crippen LogP contribution in [0.2, 0.25) is 0 Å². The lowest BCUT2D eigenvalue weighted by Crippen LogP contribution is -2.05. The topological polar surface area (TPSA) is 106 Å². The number of hydrogen-bond acceptors (Lipinski definition) is 7. The van der Waals surface area contributed by atoms with Crippen molar-refractivity contribution in [1.29, 1.82) is 0 Å². The number of methoxy groups -OCH3 is 1. The summed E-state index contributed by atoms with van der Waals surface area (Å²) in [5.41, 5.74) is 3.50. The third-order valence-corrected chi connectivity index (χ3v) is 5.19. The highest BCUT2D eigenvalue weighted by Crippen LogP contribution is 2.39. The number of ether oxygens (including phenoxy) is 1. The Labute approximate surface area is 173 Å². The second-order valence-corrected chi connectivity index (χ2v) is 7.77. The molecule has 1 fully saturated rings. The first kappa shape index (κ1) is 18.4. The number of benzene rings is 1. The van der Waals surface area contributed by atoms with Crippen LogP contribution in [0.5, 0.6) is 5.75 Å². The monoisotopic (exact) mass is 404 g/mol. The van der Waals surface area contributed by atoms with Crippen LogP contribution < -0.4 is 15.4 Å². The highest BCUT2D eigenvalue weighted by atomic mass is 16.5. The predicted molar refractivity (Wildman–Crippen MR) is 116 cm³/mol. The molecule has 30 heavy (non-hydrogen) atoms. The van der Waals surface area contributed by atoms with Gasteiger partial charge < -0.3 is 19.9 Å². The van der Waals surface area contributed by atoms with E-state index in [4.69, 9.17) is 9.72 Å². The van der Waals surface area contributed by atoms with Gasteiger partial charge in [-0.1, -0.05) is 0 Å². The van der Waals surface area contributed by atoms with Gasteiger partial charge in [-0.05, 0) is 51.0 Å². The molecular formula is C21H24N8O. The maximum atomic E-state index is 5.23. The third kappa shape index (κ3) is 3.54. The number of hydrogen-bond donors (Lipinski definition) is 3. The quantitative estimate of drug-likeness (QED) is 0.416. The number of nitrogens with one attached hydrogen (secondary N) is 3. The average molecular weight is 404 g/mol. The van der Waals surface area contributed by atoms with Gasteiger partial charge in [0.25, 0.3) is 0 Å². The van der Waals surface area contributed by atoms with E-state index in [2.05, 4.69) is 44.6 Å². The van der Waals surface area contributed by atoms with Crippen molar-refractivity contribution in [2.45, 2.75) is 38.6 Å². The fourth-order valence-corrected chi connectivity index (χ4v) is 3.37. The predicted octanol–water partition coefficient (Wildman–Crippen LogP) is 4.50. The molecule has 1 aromatic carbocycles. The lowest BCUT2D eigenvalue weighted by atomic mass is 10.3. The fraction of sp³-hybridized carbons (Fsp3) is 0.333.